The van der Waals surface area contributed by atoms with E-state index >= 15 is 0 Å². The molecule has 4 nitrogen and oxygen atoms in total. The lowest BCUT2D eigenvalue weighted by molar-refractivity contribution is 0.417. The van der Waals surface area contributed by atoms with Crippen LogP contribution in [0, 0.1) is 0 Å². The average Bonchev–Trinajstić information content (AvgIpc) is 2.82. The number of imidazole rings is 1. The summed E-state index contributed by atoms with van der Waals surface area (Å²) in [5.41, 5.74) is 2.17. The molecule has 0 unspecified atom stereocenters. The minimum atomic E-state index is 0.222. The molecule has 2 heterocycles. The second-order valence-corrected chi connectivity index (χ2v) is 3.95. The highest BCUT2D eigenvalue weighted by molar-refractivity contribution is 5.70. The van der Waals surface area contributed by atoms with Crippen LogP contribution in [0.25, 0.3) is 16.9 Å². The summed E-state index contributed by atoms with van der Waals surface area (Å²) in [6.07, 6.45) is 3.77. The zero-order valence-electron chi connectivity index (χ0n) is 9.87. The number of methoxy groups -OCH3 is 1. The van der Waals surface area contributed by atoms with Crippen molar-refractivity contribution < 1.29 is 9.84 Å². The SMILES string of the molecule is COc1cccn2cc(-c3ccccc3O)nc12. The number of hydrogen-bond acceptors (Lipinski definition) is 3. The molecule has 0 aliphatic heterocycles. The number of fused-ring (bicyclic) bond motifs is 1. The van der Waals surface area contributed by atoms with Crippen LogP contribution in [-0.4, -0.2) is 21.6 Å². The van der Waals surface area contributed by atoms with Crippen molar-refractivity contribution in [3.63, 3.8) is 0 Å². The van der Waals surface area contributed by atoms with Crippen molar-refractivity contribution in [1.29, 1.82) is 0 Å². The van der Waals surface area contributed by atoms with Crippen LogP contribution >= 0.6 is 0 Å². The number of aromatic nitrogens is 2. The van der Waals surface area contributed by atoms with E-state index in [0.717, 1.165) is 11.3 Å². The summed E-state index contributed by atoms with van der Waals surface area (Å²) in [7, 11) is 1.61. The van der Waals surface area contributed by atoms with Crippen molar-refractivity contribution in [3.05, 3.63) is 48.8 Å². The smallest absolute Gasteiger partial charge is 0.180 e. The van der Waals surface area contributed by atoms with Gasteiger partial charge in [0.2, 0.25) is 0 Å². The van der Waals surface area contributed by atoms with Crippen LogP contribution in [0.1, 0.15) is 0 Å². The number of ether oxygens (including phenoxy) is 1. The third-order valence-electron chi connectivity index (χ3n) is 2.85. The number of pyridine rings is 1. The van der Waals surface area contributed by atoms with Crippen molar-refractivity contribution in [2.24, 2.45) is 0 Å². The van der Waals surface area contributed by atoms with E-state index in [1.165, 1.54) is 0 Å². The Morgan fingerprint density at radius 1 is 1.17 bits per heavy atom. The Kier molecular flexibility index (Phi) is 2.41. The molecule has 0 aliphatic carbocycles. The van der Waals surface area contributed by atoms with Crippen LogP contribution in [0.5, 0.6) is 11.5 Å². The molecule has 0 radical (unpaired) electrons. The van der Waals surface area contributed by atoms with Gasteiger partial charge in [0.25, 0.3) is 0 Å². The highest BCUT2D eigenvalue weighted by atomic mass is 16.5. The number of benzene rings is 1. The molecular formula is C14H12N2O2. The van der Waals surface area contributed by atoms with Crippen LogP contribution in [0.4, 0.5) is 0 Å². The van der Waals surface area contributed by atoms with Gasteiger partial charge in [0.1, 0.15) is 5.75 Å². The van der Waals surface area contributed by atoms with Crippen molar-refractivity contribution in [2.75, 3.05) is 7.11 Å². The Labute approximate surface area is 104 Å². The first-order valence-corrected chi connectivity index (χ1v) is 5.59. The van der Waals surface area contributed by atoms with E-state index < -0.39 is 0 Å². The molecule has 90 valence electrons. The molecule has 0 aliphatic rings. The monoisotopic (exact) mass is 240 g/mol. The van der Waals surface area contributed by atoms with E-state index in [9.17, 15) is 5.11 Å². The Balaban J connectivity index is 2.23. The van der Waals surface area contributed by atoms with Crippen molar-refractivity contribution in [3.8, 4) is 22.8 Å². The molecule has 3 rings (SSSR count). The van der Waals surface area contributed by atoms with Gasteiger partial charge < -0.3 is 14.2 Å². The second-order valence-electron chi connectivity index (χ2n) is 3.95. The summed E-state index contributed by atoms with van der Waals surface area (Å²) < 4.78 is 7.14. The first kappa shape index (κ1) is 10.7. The van der Waals surface area contributed by atoms with Gasteiger partial charge >= 0.3 is 0 Å². The summed E-state index contributed by atoms with van der Waals surface area (Å²) >= 11 is 0. The molecular weight excluding hydrogens is 228 g/mol. The van der Waals surface area contributed by atoms with E-state index in [1.54, 1.807) is 19.2 Å². The summed E-state index contributed by atoms with van der Waals surface area (Å²) in [4.78, 5) is 4.49. The molecule has 0 spiro atoms. The molecule has 1 N–H and O–H groups in total. The number of phenolic OH excluding ortho intramolecular Hbond substituents is 1. The van der Waals surface area contributed by atoms with E-state index in [0.29, 0.717) is 11.3 Å². The van der Waals surface area contributed by atoms with Crippen LogP contribution in [0.2, 0.25) is 0 Å². The first-order valence-electron chi connectivity index (χ1n) is 5.59. The van der Waals surface area contributed by atoms with Crippen LogP contribution in [-0.2, 0) is 0 Å². The van der Waals surface area contributed by atoms with Crippen LogP contribution in [0.3, 0.4) is 0 Å². The molecule has 2 aromatic heterocycles. The Morgan fingerprint density at radius 3 is 2.78 bits per heavy atom. The van der Waals surface area contributed by atoms with E-state index in [2.05, 4.69) is 4.98 Å². The summed E-state index contributed by atoms with van der Waals surface area (Å²) in [5.74, 6) is 0.930. The van der Waals surface area contributed by atoms with E-state index in [4.69, 9.17) is 4.74 Å². The summed E-state index contributed by atoms with van der Waals surface area (Å²) in [6, 6.07) is 10.9. The molecule has 4 heteroatoms. The zero-order chi connectivity index (χ0) is 12.5. The van der Waals surface area contributed by atoms with Crippen LogP contribution < -0.4 is 4.74 Å². The predicted octanol–water partition coefficient (Wildman–Crippen LogP) is 2.72. The average molecular weight is 240 g/mol. The van der Waals surface area contributed by atoms with Gasteiger partial charge in [0.05, 0.1) is 12.8 Å². The highest BCUT2D eigenvalue weighted by Gasteiger charge is 2.10. The van der Waals surface area contributed by atoms with Gasteiger partial charge in [-0.3, -0.25) is 0 Å². The number of nitrogens with zero attached hydrogens (tertiary/aromatic N) is 2. The van der Waals surface area contributed by atoms with E-state index in [1.807, 2.05) is 41.1 Å². The lowest BCUT2D eigenvalue weighted by Gasteiger charge is -2.00. The fourth-order valence-corrected chi connectivity index (χ4v) is 1.97. The molecule has 0 amide bonds. The van der Waals surface area contributed by atoms with Gasteiger partial charge in [-0.15, -0.1) is 0 Å². The number of aromatic hydroxyl groups is 1. The highest BCUT2D eigenvalue weighted by Crippen LogP contribution is 2.29. The molecule has 0 fully saturated rings. The number of rotatable bonds is 2. The third-order valence-corrected chi connectivity index (χ3v) is 2.85. The molecule has 1 aromatic carbocycles. The Morgan fingerprint density at radius 2 is 2.00 bits per heavy atom. The van der Waals surface area contributed by atoms with Crippen LogP contribution in [0.15, 0.2) is 48.8 Å². The maximum absolute atomic E-state index is 9.84. The Hall–Kier alpha value is -2.49. The van der Waals surface area contributed by atoms with Gasteiger partial charge in [0.15, 0.2) is 11.4 Å². The minimum absolute atomic E-state index is 0.222. The predicted molar refractivity (Wildman–Crippen MR) is 68.8 cm³/mol. The lowest BCUT2D eigenvalue weighted by Crippen LogP contribution is -1.88. The topological polar surface area (TPSA) is 46.8 Å². The maximum Gasteiger partial charge on any atom is 0.180 e. The largest absolute Gasteiger partial charge is 0.507 e. The second kappa shape index (κ2) is 4.07. The standard InChI is InChI=1S/C14H12N2O2/c1-18-13-7-4-8-16-9-11(15-14(13)16)10-5-2-3-6-12(10)17/h2-9,17H,1H3. The van der Waals surface area contributed by atoms with Gasteiger partial charge in [-0.2, -0.15) is 0 Å². The summed E-state index contributed by atoms with van der Waals surface area (Å²) in [6.45, 7) is 0. The fraction of sp³-hybridized carbons (Fsp3) is 0.0714. The van der Waals surface area contributed by atoms with Gasteiger partial charge in [-0.05, 0) is 24.3 Å². The van der Waals surface area contributed by atoms with Gasteiger partial charge in [0, 0.05) is 18.0 Å². The molecule has 0 saturated heterocycles. The Bertz CT molecular complexity index is 704. The fourth-order valence-electron chi connectivity index (χ4n) is 1.97. The first-order chi connectivity index (χ1) is 8.79. The maximum atomic E-state index is 9.84. The van der Waals surface area contributed by atoms with Crippen molar-refractivity contribution in [1.82, 2.24) is 9.38 Å². The normalized spacial score (nSPS) is 10.7. The minimum Gasteiger partial charge on any atom is -0.507 e. The molecule has 0 saturated carbocycles. The number of para-hydroxylation sites is 1. The summed E-state index contributed by atoms with van der Waals surface area (Å²) in [5, 5.41) is 9.84. The molecule has 0 bridgehead atoms. The van der Waals surface area contributed by atoms with Crippen molar-refractivity contribution >= 4 is 5.65 Å². The lowest BCUT2D eigenvalue weighted by atomic mass is 10.1. The van der Waals surface area contributed by atoms with E-state index in [-0.39, 0.29) is 5.75 Å². The number of hydrogen-bond donors (Lipinski definition) is 1. The molecule has 3 aromatic rings. The molecule has 0 atom stereocenters. The third kappa shape index (κ3) is 1.59. The van der Waals surface area contributed by atoms with Gasteiger partial charge in [-0.25, -0.2) is 4.98 Å². The van der Waals surface area contributed by atoms with Gasteiger partial charge in [-0.1, -0.05) is 12.1 Å². The van der Waals surface area contributed by atoms with Crippen molar-refractivity contribution in [2.45, 2.75) is 0 Å². The zero-order valence-corrected chi connectivity index (χ0v) is 9.87. The molecule has 18 heavy (non-hydrogen) atoms. The quantitative estimate of drug-likeness (QED) is 0.749. The number of phenols is 1.